The van der Waals surface area contributed by atoms with Crippen LogP contribution in [0.1, 0.15) is 37.8 Å². The van der Waals surface area contributed by atoms with Gasteiger partial charge in [0.1, 0.15) is 10.8 Å². The van der Waals surface area contributed by atoms with Gasteiger partial charge >= 0.3 is 0 Å². The van der Waals surface area contributed by atoms with E-state index in [1.807, 2.05) is 12.1 Å². The Kier molecular flexibility index (Phi) is 5.76. The lowest BCUT2D eigenvalue weighted by Crippen LogP contribution is -2.14. The molecule has 0 spiro atoms. The number of phenolic OH excluding ortho intramolecular Hbond substituents is 1. The smallest absolute Gasteiger partial charge is 0.124 e. The fourth-order valence-corrected chi connectivity index (χ4v) is 3.26. The quantitative estimate of drug-likeness (QED) is 0.753. The molecule has 4 heteroatoms. The van der Waals surface area contributed by atoms with E-state index >= 15 is 0 Å². The second-order valence-corrected chi connectivity index (χ2v) is 6.80. The van der Waals surface area contributed by atoms with Gasteiger partial charge in [-0.3, -0.25) is 0 Å². The standard InChI is InChI=1S/C17H24N2OS/c1-4-8-18-11-16-15(9-12(2)3)19-17(21-16)13-6-5-7-14(20)10-13/h5-7,10,12,18,20H,4,8-9,11H2,1-3H3. The van der Waals surface area contributed by atoms with Crippen LogP contribution >= 0.6 is 11.3 Å². The molecule has 2 aromatic rings. The van der Waals surface area contributed by atoms with Gasteiger partial charge in [-0.1, -0.05) is 32.9 Å². The van der Waals surface area contributed by atoms with E-state index < -0.39 is 0 Å². The van der Waals surface area contributed by atoms with Crippen molar-refractivity contribution in [3.63, 3.8) is 0 Å². The molecule has 21 heavy (non-hydrogen) atoms. The highest BCUT2D eigenvalue weighted by molar-refractivity contribution is 7.15. The third-order valence-corrected chi connectivity index (χ3v) is 4.33. The van der Waals surface area contributed by atoms with E-state index in [4.69, 9.17) is 4.98 Å². The molecule has 0 atom stereocenters. The largest absolute Gasteiger partial charge is 0.508 e. The van der Waals surface area contributed by atoms with E-state index in [-0.39, 0.29) is 0 Å². The van der Waals surface area contributed by atoms with Crippen LogP contribution in [0.4, 0.5) is 0 Å². The Morgan fingerprint density at radius 2 is 2.14 bits per heavy atom. The summed E-state index contributed by atoms with van der Waals surface area (Å²) in [5, 5.41) is 14.1. The number of nitrogens with one attached hydrogen (secondary N) is 1. The zero-order valence-electron chi connectivity index (χ0n) is 13.0. The number of aromatic hydroxyl groups is 1. The average Bonchev–Trinajstić information content (AvgIpc) is 2.81. The van der Waals surface area contributed by atoms with Crippen LogP contribution in [0.25, 0.3) is 10.6 Å². The predicted molar refractivity (Wildman–Crippen MR) is 89.8 cm³/mol. The summed E-state index contributed by atoms with van der Waals surface area (Å²) in [6.07, 6.45) is 2.14. The Morgan fingerprint density at radius 1 is 1.33 bits per heavy atom. The summed E-state index contributed by atoms with van der Waals surface area (Å²) in [5.74, 6) is 0.882. The highest BCUT2D eigenvalue weighted by Gasteiger charge is 2.13. The molecular weight excluding hydrogens is 280 g/mol. The van der Waals surface area contributed by atoms with Crippen molar-refractivity contribution >= 4 is 11.3 Å². The molecule has 0 saturated carbocycles. The second kappa shape index (κ2) is 7.57. The van der Waals surface area contributed by atoms with Gasteiger partial charge < -0.3 is 10.4 Å². The molecule has 1 heterocycles. The molecule has 0 fully saturated rings. The molecule has 0 saturated heterocycles. The van der Waals surface area contributed by atoms with Crippen LogP contribution in [-0.2, 0) is 13.0 Å². The van der Waals surface area contributed by atoms with Crippen LogP contribution < -0.4 is 5.32 Å². The van der Waals surface area contributed by atoms with Gasteiger partial charge in [0.2, 0.25) is 0 Å². The Bertz CT molecular complexity index is 578. The zero-order chi connectivity index (χ0) is 15.2. The van der Waals surface area contributed by atoms with Gasteiger partial charge in [-0.2, -0.15) is 0 Å². The maximum absolute atomic E-state index is 9.63. The van der Waals surface area contributed by atoms with Crippen molar-refractivity contribution in [2.45, 2.75) is 40.2 Å². The van der Waals surface area contributed by atoms with Gasteiger partial charge in [0.25, 0.3) is 0 Å². The first-order chi connectivity index (χ1) is 10.1. The molecule has 2 rings (SSSR count). The number of rotatable bonds is 7. The van der Waals surface area contributed by atoms with Crippen molar-refractivity contribution in [2.24, 2.45) is 5.92 Å². The number of thiazole rings is 1. The molecule has 0 unspecified atom stereocenters. The van der Waals surface area contributed by atoms with Gasteiger partial charge in [0, 0.05) is 17.0 Å². The van der Waals surface area contributed by atoms with E-state index in [1.54, 1.807) is 23.5 Å². The maximum Gasteiger partial charge on any atom is 0.124 e. The molecule has 0 radical (unpaired) electrons. The molecule has 114 valence electrons. The van der Waals surface area contributed by atoms with Crippen LogP contribution in [0.15, 0.2) is 24.3 Å². The number of hydrogen-bond donors (Lipinski definition) is 2. The van der Waals surface area contributed by atoms with Gasteiger partial charge in [0.05, 0.1) is 5.69 Å². The molecule has 0 aliphatic heterocycles. The van der Waals surface area contributed by atoms with Crippen molar-refractivity contribution in [3.05, 3.63) is 34.8 Å². The summed E-state index contributed by atoms with van der Waals surface area (Å²) in [4.78, 5) is 6.12. The average molecular weight is 304 g/mol. The number of phenols is 1. The minimum absolute atomic E-state index is 0.291. The number of aromatic nitrogens is 1. The molecule has 1 aromatic carbocycles. The summed E-state index contributed by atoms with van der Waals surface area (Å²) in [5.41, 5.74) is 2.18. The summed E-state index contributed by atoms with van der Waals surface area (Å²) in [6.45, 7) is 8.52. The number of benzene rings is 1. The molecule has 3 nitrogen and oxygen atoms in total. The van der Waals surface area contributed by atoms with E-state index in [1.165, 1.54) is 10.6 Å². The molecule has 0 amide bonds. The van der Waals surface area contributed by atoms with Crippen molar-refractivity contribution in [2.75, 3.05) is 6.54 Å². The van der Waals surface area contributed by atoms with Crippen LogP contribution in [0, 0.1) is 5.92 Å². The lowest BCUT2D eigenvalue weighted by molar-refractivity contribution is 0.475. The zero-order valence-corrected chi connectivity index (χ0v) is 13.8. The summed E-state index contributed by atoms with van der Waals surface area (Å²) in [7, 11) is 0. The molecule has 1 aromatic heterocycles. The number of nitrogens with zero attached hydrogens (tertiary/aromatic N) is 1. The predicted octanol–water partition coefficient (Wildman–Crippen LogP) is 4.21. The van der Waals surface area contributed by atoms with E-state index in [0.29, 0.717) is 11.7 Å². The molecular formula is C17H24N2OS. The minimum Gasteiger partial charge on any atom is -0.508 e. The fourth-order valence-electron chi connectivity index (χ4n) is 2.21. The van der Waals surface area contributed by atoms with E-state index in [9.17, 15) is 5.11 Å². The number of hydrogen-bond acceptors (Lipinski definition) is 4. The van der Waals surface area contributed by atoms with Crippen LogP contribution in [-0.4, -0.2) is 16.6 Å². The van der Waals surface area contributed by atoms with Crippen LogP contribution in [0.3, 0.4) is 0 Å². The monoisotopic (exact) mass is 304 g/mol. The van der Waals surface area contributed by atoms with Crippen molar-refractivity contribution in [1.29, 1.82) is 0 Å². The summed E-state index contributed by atoms with van der Waals surface area (Å²) < 4.78 is 0. The van der Waals surface area contributed by atoms with Gasteiger partial charge in [-0.05, 0) is 37.4 Å². The first kappa shape index (κ1) is 16.0. The highest BCUT2D eigenvalue weighted by Crippen LogP contribution is 2.31. The topological polar surface area (TPSA) is 45.1 Å². The van der Waals surface area contributed by atoms with Gasteiger partial charge in [-0.25, -0.2) is 4.98 Å². The lowest BCUT2D eigenvalue weighted by atomic mass is 10.1. The summed E-state index contributed by atoms with van der Waals surface area (Å²) in [6, 6.07) is 7.33. The minimum atomic E-state index is 0.291. The van der Waals surface area contributed by atoms with Gasteiger partial charge in [-0.15, -0.1) is 11.3 Å². The lowest BCUT2D eigenvalue weighted by Gasteiger charge is -2.05. The normalized spacial score (nSPS) is 11.2. The van der Waals surface area contributed by atoms with Crippen LogP contribution in [0.2, 0.25) is 0 Å². The Labute approximate surface area is 131 Å². The van der Waals surface area contributed by atoms with Crippen LogP contribution in [0.5, 0.6) is 5.75 Å². The third-order valence-electron chi connectivity index (χ3n) is 3.19. The Hall–Kier alpha value is -1.39. The third kappa shape index (κ3) is 4.55. The fraction of sp³-hybridized carbons (Fsp3) is 0.471. The Morgan fingerprint density at radius 3 is 2.81 bits per heavy atom. The SMILES string of the molecule is CCCNCc1sc(-c2cccc(O)c2)nc1CC(C)C. The first-order valence-electron chi connectivity index (χ1n) is 7.58. The summed E-state index contributed by atoms with van der Waals surface area (Å²) >= 11 is 1.73. The van der Waals surface area contributed by atoms with E-state index in [2.05, 4.69) is 26.1 Å². The molecule has 0 aliphatic rings. The molecule has 2 N–H and O–H groups in total. The van der Waals surface area contributed by atoms with Gasteiger partial charge in [0.15, 0.2) is 0 Å². The molecule has 0 aliphatic carbocycles. The van der Waals surface area contributed by atoms with Crippen molar-refractivity contribution in [3.8, 4) is 16.3 Å². The second-order valence-electron chi connectivity index (χ2n) is 5.71. The maximum atomic E-state index is 9.63. The van der Waals surface area contributed by atoms with Crippen molar-refractivity contribution in [1.82, 2.24) is 10.3 Å². The Balaban J connectivity index is 2.26. The van der Waals surface area contributed by atoms with E-state index in [0.717, 1.165) is 36.5 Å². The van der Waals surface area contributed by atoms with Crippen molar-refractivity contribution < 1.29 is 5.11 Å². The highest BCUT2D eigenvalue weighted by atomic mass is 32.1. The first-order valence-corrected chi connectivity index (χ1v) is 8.40. The molecule has 0 bridgehead atoms.